The summed E-state index contributed by atoms with van der Waals surface area (Å²) in [6.07, 6.45) is 0.706. The first-order valence-corrected chi connectivity index (χ1v) is 10.3. The number of hydrogen-bond donors (Lipinski definition) is 0. The zero-order valence-electron chi connectivity index (χ0n) is 17.1. The maximum absolute atomic E-state index is 14.9. The molecule has 0 bridgehead atoms. The lowest BCUT2D eigenvalue weighted by atomic mass is 9.87. The largest absolute Gasteiger partial charge is 0.360 e. The van der Waals surface area contributed by atoms with Crippen molar-refractivity contribution in [1.82, 2.24) is 10.1 Å². The van der Waals surface area contributed by atoms with Crippen molar-refractivity contribution >= 4 is 5.91 Å². The number of hydrogen-bond acceptors (Lipinski definition) is 3. The Hall–Kier alpha value is -3.73. The standard InChI is InChI=1S/C26H21FN2O2/c1-17-23(24(28-31-17)19-10-3-2-4-11-19)26(30)29-16-15-18-9-5-6-12-20(18)25(29)21-13-7-8-14-22(21)27/h2-14,25H,15-16H2,1H3/t25-/m0/s1. The number of carbonyl (C=O) groups is 1. The third-order valence-corrected chi connectivity index (χ3v) is 5.87. The van der Waals surface area contributed by atoms with Gasteiger partial charge in [-0.1, -0.05) is 78.0 Å². The minimum atomic E-state index is -0.517. The van der Waals surface area contributed by atoms with E-state index >= 15 is 0 Å². The van der Waals surface area contributed by atoms with Crippen LogP contribution in [0.5, 0.6) is 0 Å². The van der Waals surface area contributed by atoms with Crippen molar-refractivity contribution in [3.8, 4) is 11.3 Å². The predicted molar refractivity (Wildman–Crippen MR) is 116 cm³/mol. The summed E-state index contributed by atoms with van der Waals surface area (Å²) in [5.74, 6) is -0.0809. The molecule has 0 saturated heterocycles. The number of aryl methyl sites for hydroxylation is 1. The molecule has 2 heterocycles. The van der Waals surface area contributed by atoms with Crippen LogP contribution < -0.4 is 0 Å². The van der Waals surface area contributed by atoms with Crippen molar-refractivity contribution in [3.05, 3.63) is 113 Å². The van der Waals surface area contributed by atoms with E-state index in [2.05, 4.69) is 5.16 Å². The molecule has 4 aromatic rings. The highest BCUT2D eigenvalue weighted by molar-refractivity contribution is 6.01. The average Bonchev–Trinajstić information content (AvgIpc) is 3.20. The molecule has 1 aliphatic rings. The van der Waals surface area contributed by atoms with Crippen LogP contribution >= 0.6 is 0 Å². The van der Waals surface area contributed by atoms with E-state index in [-0.39, 0.29) is 11.7 Å². The Bertz CT molecular complexity index is 1250. The Balaban J connectivity index is 1.64. The maximum Gasteiger partial charge on any atom is 0.260 e. The molecular formula is C26H21FN2O2. The molecule has 154 valence electrons. The Kier molecular flexibility index (Phi) is 4.86. The molecule has 5 heteroatoms. The van der Waals surface area contributed by atoms with E-state index in [9.17, 15) is 9.18 Å². The van der Waals surface area contributed by atoms with Gasteiger partial charge in [-0.25, -0.2) is 4.39 Å². The van der Waals surface area contributed by atoms with Gasteiger partial charge in [0.05, 0.1) is 6.04 Å². The molecule has 1 amide bonds. The van der Waals surface area contributed by atoms with Gasteiger partial charge in [-0.3, -0.25) is 4.79 Å². The number of aromatic nitrogens is 1. The minimum absolute atomic E-state index is 0.208. The lowest BCUT2D eigenvalue weighted by Crippen LogP contribution is -2.41. The van der Waals surface area contributed by atoms with Gasteiger partial charge in [0.2, 0.25) is 0 Å². The van der Waals surface area contributed by atoms with E-state index in [0.29, 0.717) is 35.5 Å². The van der Waals surface area contributed by atoms with Gasteiger partial charge in [-0.15, -0.1) is 0 Å². The van der Waals surface area contributed by atoms with Crippen molar-refractivity contribution in [2.75, 3.05) is 6.54 Å². The van der Waals surface area contributed by atoms with Crippen molar-refractivity contribution in [1.29, 1.82) is 0 Å². The molecule has 0 radical (unpaired) electrons. The van der Waals surface area contributed by atoms with E-state index in [0.717, 1.165) is 16.7 Å². The molecule has 1 atom stereocenters. The van der Waals surface area contributed by atoms with Crippen LogP contribution in [0.2, 0.25) is 0 Å². The van der Waals surface area contributed by atoms with E-state index in [1.807, 2.05) is 54.6 Å². The Morgan fingerprint density at radius 3 is 2.42 bits per heavy atom. The molecular weight excluding hydrogens is 391 g/mol. The second kappa shape index (κ2) is 7.84. The Morgan fingerprint density at radius 1 is 0.968 bits per heavy atom. The predicted octanol–water partition coefficient (Wildman–Crippen LogP) is 5.58. The second-order valence-electron chi connectivity index (χ2n) is 7.70. The summed E-state index contributed by atoms with van der Waals surface area (Å²) in [5, 5.41) is 4.16. The van der Waals surface area contributed by atoms with Crippen LogP contribution in [0, 0.1) is 12.7 Å². The summed E-state index contributed by atoms with van der Waals surface area (Å²) < 4.78 is 20.3. The van der Waals surface area contributed by atoms with Crippen LogP contribution in [0.15, 0.2) is 83.4 Å². The number of halogens is 1. The smallest absolute Gasteiger partial charge is 0.260 e. The molecule has 0 spiro atoms. The van der Waals surface area contributed by atoms with Crippen LogP contribution in [0.25, 0.3) is 11.3 Å². The summed E-state index contributed by atoms with van der Waals surface area (Å²) in [7, 11) is 0. The lowest BCUT2D eigenvalue weighted by Gasteiger charge is -2.38. The quantitative estimate of drug-likeness (QED) is 0.441. The van der Waals surface area contributed by atoms with Crippen LogP contribution in [-0.4, -0.2) is 22.5 Å². The number of rotatable bonds is 3. The summed E-state index contributed by atoms with van der Waals surface area (Å²) in [5.41, 5.74) is 4.30. The monoisotopic (exact) mass is 412 g/mol. The SMILES string of the molecule is Cc1onc(-c2ccccc2)c1C(=O)N1CCc2ccccc2[C@H]1c1ccccc1F. The Morgan fingerprint density at radius 2 is 1.65 bits per heavy atom. The van der Waals surface area contributed by atoms with Crippen molar-refractivity contribution < 1.29 is 13.7 Å². The lowest BCUT2D eigenvalue weighted by molar-refractivity contribution is 0.0691. The highest BCUT2D eigenvalue weighted by atomic mass is 19.1. The second-order valence-corrected chi connectivity index (χ2v) is 7.70. The molecule has 5 rings (SSSR count). The zero-order valence-corrected chi connectivity index (χ0v) is 17.1. The molecule has 1 aromatic heterocycles. The fourth-order valence-corrected chi connectivity index (χ4v) is 4.38. The molecule has 0 unspecified atom stereocenters. The van der Waals surface area contributed by atoms with Crippen molar-refractivity contribution in [2.24, 2.45) is 0 Å². The molecule has 0 N–H and O–H groups in total. The number of benzene rings is 3. The molecule has 31 heavy (non-hydrogen) atoms. The van der Waals surface area contributed by atoms with E-state index in [4.69, 9.17) is 4.52 Å². The first-order chi connectivity index (χ1) is 15.1. The zero-order chi connectivity index (χ0) is 21.4. The van der Waals surface area contributed by atoms with Crippen LogP contribution in [0.1, 0.15) is 38.9 Å². The van der Waals surface area contributed by atoms with Gasteiger partial charge >= 0.3 is 0 Å². The molecule has 4 nitrogen and oxygen atoms in total. The number of amides is 1. The minimum Gasteiger partial charge on any atom is -0.360 e. The average molecular weight is 412 g/mol. The first kappa shape index (κ1) is 19.2. The van der Waals surface area contributed by atoms with Crippen LogP contribution in [0.3, 0.4) is 0 Å². The van der Waals surface area contributed by atoms with Gasteiger partial charge in [0.15, 0.2) is 0 Å². The van der Waals surface area contributed by atoms with Crippen molar-refractivity contribution in [3.63, 3.8) is 0 Å². The molecule has 0 aliphatic carbocycles. The van der Waals surface area contributed by atoms with E-state index < -0.39 is 6.04 Å². The highest BCUT2D eigenvalue weighted by Crippen LogP contribution is 2.38. The maximum atomic E-state index is 14.9. The van der Waals surface area contributed by atoms with Crippen LogP contribution in [-0.2, 0) is 6.42 Å². The van der Waals surface area contributed by atoms with Gasteiger partial charge in [-0.05, 0) is 30.5 Å². The van der Waals surface area contributed by atoms with E-state index in [1.165, 1.54) is 6.07 Å². The van der Waals surface area contributed by atoms with Crippen LogP contribution in [0.4, 0.5) is 4.39 Å². The Labute approximate surface area is 179 Å². The van der Waals surface area contributed by atoms with Crippen molar-refractivity contribution in [2.45, 2.75) is 19.4 Å². The van der Waals surface area contributed by atoms with Gasteiger partial charge in [0.1, 0.15) is 22.8 Å². The summed E-state index contributed by atoms with van der Waals surface area (Å²) >= 11 is 0. The summed E-state index contributed by atoms with van der Waals surface area (Å²) in [4.78, 5) is 15.6. The van der Waals surface area contributed by atoms with E-state index in [1.54, 1.807) is 30.0 Å². The topological polar surface area (TPSA) is 46.3 Å². The fraction of sp³-hybridized carbons (Fsp3) is 0.154. The first-order valence-electron chi connectivity index (χ1n) is 10.3. The number of fused-ring (bicyclic) bond motifs is 1. The van der Waals surface area contributed by atoms with Gasteiger partial charge in [0, 0.05) is 17.7 Å². The highest BCUT2D eigenvalue weighted by Gasteiger charge is 2.36. The number of nitrogens with zero attached hydrogens (tertiary/aromatic N) is 2. The van der Waals surface area contributed by atoms with Gasteiger partial charge in [0.25, 0.3) is 5.91 Å². The molecule has 0 fully saturated rings. The van der Waals surface area contributed by atoms with Gasteiger partial charge in [-0.2, -0.15) is 0 Å². The fourth-order valence-electron chi connectivity index (χ4n) is 4.38. The molecule has 0 saturated carbocycles. The molecule has 3 aromatic carbocycles. The summed E-state index contributed by atoms with van der Waals surface area (Å²) in [6.45, 7) is 2.22. The molecule has 1 aliphatic heterocycles. The van der Waals surface area contributed by atoms with Gasteiger partial charge < -0.3 is 9.42 Å². The third-order valence-electron chi connectivity index (χ3n) is 5.87. The number of carbonyl (C=O) groups excluding carboxylic acids is 1. The normalized spacial score (nSPS) is 15.5. The summed E-state index contributed by atoms with van der Waals surface area (Å²) in [6, 6.07) is 23.6. The third kappa shape index (κ3) is 3.32.